The summed E-state index contributed by atoms with van der Waals surface area (Å²) in [6.07, 6.45) is 1.51. The van der Waals surface area contributed by atoms with Gasteiger partial charge >= 0.3 is 0 Å². The molecule has 0 radical (unpaired) electrons. The standard InChI is InChI=1S/C21H18ClN5O3/c22-19-5-2-15(12-23-19)21(28)27-9-7-26(8-10-27)20-6-3-16(24-25-20)14-1-4-17-18(11-14)30-13-29-17/h1-6,11-12H,7-10,13H2. The maximum Gasteiger partial charge on any atom is 0.255 e. The SMILES string of the molecule is O=C(c1ccc(Cl)nc1)N1CCN(c2ccc(-c3ccc4c(c3)OCO4)nn2)CC1. The molecule has 3 aromatic rings. The highest BCUT2D eigenvalue weighted by atomic mass is 35.5. The first-order chi connectivity index (χ1) is 14.7. The van der Waals surface area contributed by atoms with Crippen molar-refractivity contribution in [2.45, 2.75) is 0 Å². The Morgan fingerprint density at radius 1 is 0.933 bits per heavy atom. The van der Waals surface area contributed by atoms with Gasteiger partial charge in [0.25, 0.3) is 5.91 Å². The van der Waals surface area contributed by atoms with Gasteiger partial charge in [-0.1, -0.05) is 11.6 Å². The summed E-state index contributed by atoms with van der Waals surface area (Å²) in [6, 6.07) is 12.9. The Balaban J connectivity index is 1.23. The molecular formula is C21H18ClN5O3. The molecule has 0 atom stereocenters. The summed E-state index contributed by atoms with van der Waals surface area (Å²) >= 11 is 5.80. The van der Waals surface area contributed by atoms with Crippen LogP contribution in [0, 0.1) is 0 Å². The number of aromatic nitrogens is 3. The summed E-state index contributed by atoms with van der Waals surface area (Å²) in [6.45, 7) is 2.82. The Morgan fingerprint density at radius 3 is 2.50 bits per heavy atom. The van der Waals surface area contributed by atoms with Crippen LogP contribution in [0.15, 0.2) is 48.7 Å². The highest BCUT2D eigenvalue weighted by Gasteiger charge is 2.23. The van der Waals surface area contributed by atoms with Gasteiger partial charge in [-0.3, -0.25) is 4.79 Å². The summed E-state index contributed by atoms with van der Waals surface area (Å²) in [4.78, 5) is 20.5. The summed E-state index contributed by atoms with van der Waals surface area (Å²) in [5.74, 6) is 2.21. The van der Waals surface area contributed by atoms with Crippen molar-refractivity contribution in [1.82, 2.24) is 20.1 Å². The Hall–Kier alpha value is -3.39. The van der Waals surface area contributed by atoms with Crippen LogP contribution >= 0.6 is 11.6 Å². The fourth-order valence-corrected chi connectivity index (χ4v) is 3.64. The fraction of sp³-hybridized carbons (Fsp3) is 0.238. The molecule has 1 amide bonds. The number of nitrogens with zero attached hydrogens (tertiary/aromatic N) is 5. The van der Waals surface area contributed by atoms with Crippen LogP contribution < -0.4 is 14.4 Å². The fourth-order valence-electron chi connectivity index (χ4n) is 3.53. The average molecular weight is 424 g/mol. The van der Waals surface area contributed by atoms with E-state index < -0.39 is 0 Å². The molecule has 5 rings (SSSR count). The van der Waals surface area contributed by atoms with Crippen LogP contribution in [0.4, 0.5) is 5.82 Å². The molecule has 2 aliphatic heterocycles. The molecule has 2 aliphatic rings. The maximum absolute atomic E-state index is 12.6. The molecule has 0 aliphatic carbocycles. The van der Waals surface area contributed by atoms with Crippen LogP contribution in [-0.4, -0.2) is 59.0 Å². The van der Waals surface area contributed by atoms with Crippen molar-refractivity contribution in [2.75, 3.05) is 37.9 Å². The number of ether oxygens (including phenoxy) is 2. The normalized spacial score (nSPS) is 15.4. The molecule has 0 N–H and O–H groups in total. The predicted molar refractivity (Wildman–Crippen MR) is 111 cm³/mol. The van der Waals surface area contributed by atoms with Crippen molar-refractivity contribution in [1.29, 1.82) is 0 Å². The molecule has 4 heterocycles. The molecule has 8 nitrogen and oxygen atoms in total. The molecule has 1 fully saturated rings. The van der Waals surface area contributed by atoms with E-state index in [1.54, 1.807) is 12.1 Å². The van der Waals surface area contributed by atoms with Gasteiger partial charge in [0, 0.05) is 37.9 Å². The number of piperazine rings is 1. The molecule has 0 spiro atoms. The molecule has 0 bridgehead atoms. The van der Waals surface area contributed by atoms with Crippen LogP contribution in [0.5, 0.6) is 11.5 Å². The van der Waals surface area contributed by atoms with Gasteiger partial charge in [-0.25, -0.2) is 4.98 Å². The topological polar surface area (TPSA) is 80.7 Å². The lowest BCUT2D eigenvalue weighted by Crippen LogP contribution is -2.49. The second-order valence-corrected chi connectivity index (χ2v) is 7.38. The van der Waals surface area contributed by atoms with E-state index in [0.29, 0.717) is 36.9 Å². The van der Waals surface area contributed by atoms with E-state index in [1.165, 1.54) is 6.20 Å². The highest BCUT2D eigenvalue weighted by Crippen LogP contribution is 2.35. The van der Waals surface area contributed by atoms with Crippen molar-refractivity contribution in [3.05, 3.63) is 59.4 Å². The lowest BCUT2D eigenvalue weighted by Gasteiger charge is -2.35. The Kier molecular flexibility index (Phi) is 4.84. The minimum Gasteiger partial charge on any atom is -0.454 e. The number of carbonyl (C=O) groups is 1. The lowest BCUT2D eigenvalue weighted by atomic mass is 10.1. The number of pyridine rings is 1. The molecular weight excluding hydrogens is 406 g/mol. The second-order valence-electron chi connectivity index (χ2n) is 6.99. The third-order valence-electron chi connectivity index (χ3n) is 5.18. The molecule has 0 saturated carbocycles. The number of hydrogen-bond acceptors (Lipinski definition) is 7. The minimum atomic E-state index is -0.0388. The number of carbonyl (C=O) groups excluding carboxylic acids is 1. The number of hydrogen-bond donors (Lipinski definition) is 0. The van der Waals surface area contributed by atoms with Crippen molar-refractivity contribution < 1.29 is 14.3 Å². The van der Waals surface area contributed by atoms with Crippen molar-refractivity contribution >= 4 is 23.3 Å². The number of rotatable bonds is 3. The number of amides is 1. The Labute approximate surface area is 178 Å². The van der Waals surface area contributed by atoms with E-state index in [0.717, 1.165) is 28.6 Å². The second kappa shape index (κ2) is 7.79. The number of fused-ring (bicyclic) bond motifs is 1. The zero-order valence-electron chi connectivity index (χ0n) is 16.0. The molecule has 9 heteroatoms. The van der Waals surface area contributed by atoms with Gasteiger partial charge < -0.3 is 19.3 Å². The van der Waals surface area contributed by atoms with Crippen LogP contribution in [0.3, 0.4) is 0 Å². The maximum atomic E-state index is 12.6. The molecule has 2 aromatic heterocycles. The van der Waals surface area contributed by atoms with Gasteiger partial charge in [0.1, 0.15) is 5.15 Å². The minimum absolute atomic E-state index is 0.0388. The highest BCUT2D eigenvalue weighted by molar-refractivity contribution is 6.29. The summed E-state index contributed by atoms with van der Waals surface area (Å²) in [5, 5.41) is 9.13. The van der Waals surface area contributed by atoms with E-state index in [1.807, 2.05) is 35.2 Å². The van der Waals surface area contributed by atoms with Crippen LogP contribution in [-0.2, 0) is 0 Å². The molecule has 152 valence electrons. The molecule has 30 heavy (non-hydrogen) atoms. The van der Waals surface area contributed by atoms with Gasteiger partial charge in [-0.05, 0) is 42.5 Å². The van der Waals surface area contributed by atoms with E-state index in [4.69, 9.17) is 21.1 Å². The molecule has 1 aromatic carbocycles. The monoisotopic (exact) mass is 423 g/mol. The summed E-state index contributed by atoms with van der Waals surface area (Å²) in [7, 11) is 0. The quantitative estimate of drug-likeness (QED) is 0.599. The first-order valence-electron chi connectivity index (χ1n) is 9.57. The zero-order valence-corrected chi connectivity index (χ0v) is 16.7. The van der Waals surface area contributed by atoms with Crippen molar-refractivity contribution in [3.63, 3.8) is 0 Å². The third kappa shape index (κ3) is 3.61. The summed E-state index contributed by atoms with van der Waals surface area (Å²) in [5.41, 5.74) is 2.23. The van der Waals surface area contributed by atoms with Crippen molar-refractivity contribution in [3.8, 4) is 22.8 Å². The van der Waals surface area contributed by atoms with E-state index >= 15 is 0 Å². The number of halogens is 1. The molecule has 0 unspecified atom stereocenters. The summed E-state index contributed by atoms with van der Waals surface area (Å²) < 4.78 is 10.8. The largest absolute Gasteiger partial charge is 0.454 e. The number of benzene rings is 1. The van der Waals surface area contributed by atoms with E-state index in [-0.39, 0.29) is 12.7 Å². The van der Waals surface area contributed by atoms with Gasteiger partial charge in [-0.15, -0.1) is 10.2 Å². The first kappa shape index (κ1) is 18.6. The van der Waals surface area contributed by atoms with Gasteiger partial charge in [0.15, 0.2) is 17.3 Å². The predicted octanol–water partition coefficient (Wildman–Crippen LogP) is 2.88. The van der Waals surface area contributed by atoms with Crippen LogP contribution in [0.25, 0.3) is 11.3 Å². The Bertz CT molecular complexity index is 1070. The smallest absolute Gasteiger partial charge is 0.255 e. The van der Waals surface area contributed by atoms with E-state index in [9.17, 15) is 4.79 Å². The Morgan fingerprint density at radius 2 is 1.77 bits per heavy atom. The van der Waals surface area contributed by atoms with Gasteiger partial charge in [0.2, 0.25) is 6.79 Å². The third-order valence-corrected chi connectivity index (χ3v) is 5.41. The van der Waals surface area contributed by atoms with Gasteiger partial charge in [-0.2, -0.15) is 0 Å². The van der Waals surface area contributed by atoms with E-state index in [2.05, 4.69) is 20.1 Å². The lowest BCUT2D eigenvalue weighted by molar-refractivity contribution is 0.0746. The van der Waals surface area contributed by atoms with Crippen LogP contribution in [0.2, 0.25) is 5.15 Å². The van der Waals surface area contributed by atoms with Gasteiger partial charge in [0.05, 0.1) is 11.3 Å². The zero-order chi connectivity index (χ0) is 20.5. The molecule has 1 saturated heterocycles. The van der Waals surface area contributed by atoms with Crippen molar-refractivity contribution in [2.24, 2.45) is 0 Å². The van der Waals surface area contributed by atoms with Crippen LogP contribution in [0.1, 0.15) is 10.4 Å². The average Bonchev–Trinajstić information content (AvgIpc) is 3.27. The first-order valence-corrected chi connectivity index (χ1v) is 9.95. The number of anilines is 1.